The van der Waals surface area contributed by atoms with Crippen LogP contribution in [0, 0.1) is 0 Å². The zero-order valence-electron chi connectivity index (χ0n) is 11.5. The third-order valence-electron chi connectivity index (χ3n) is 2.51. The average Bonchev–Trinajstić information content (AvgIpc) is 2.47. The van der Waals surface area contributed by atoms with Gasteiger partial charge >= 0.3 is 0 Å². The molecule has 21 heavy (non-hydrogen) atoms. The van der Waals surface area contributed by atoms with E-state index in [0.29, 0.717) is 5.75 Å². The van der Waals surface area contributed by atoms with Crippen molar-refractivity contribution in [2.24, 2.45) is 0 Å². The number of nitrogens with zero attached hydrogens (tertiary/aromatic N) is 1. The summed E-state index contributed by atoms with van der Waals surface area (Å²) in [4.78, 5) is 27.6. The Kier molecular flexibility index (Phi) is 5.34. The Bertz CT molecular complexity index is 615. The Morgan fingerprint density at radius 1 is 1.00 bits per heavy atom. The van der Waals surface area contributed by atoms with Crippen LogP contribution in [-0.4, -0.2) is 22.6 Å². The number of aromatic nitrogens is 1. The van der Waals surface area contributed by atoms with Gasteiger partial charge in [-0.2, -0.15) is 0 Å². The molecule has 0 atom stereocenters. The van der Waals surface area contributed by atoms with Crippen LogP contribution < -0.4 is 10.6 Å². The second kappa shape index (κ2) is 7.44. The number of hydrogen-bond donors (Lipinski definition) is 2. The number of rotatable bonds is 5. The van der Waals surface area contributed by atoms with Gasteiger partial charge in [-0.05, 0) is 36.4 Å². The number of carbonyl (C=O) groups is 2. The van der Waals surface area contributed by atoms with Gasteiger partial charge in [0.1, 0.15) is 0 Å². The normalized spacial score (nSPS) is 9.95. The monoisotopic (exact) mass is 301 g/mol. The Morgan fingerprint density at radius 3 is 2.24 bits per heavy atom. The number of carbonyl (C=O) groups excluding carboxylic acids is 2. The molecule has 1 aromatic heterocycles. The van der Waals surface area contributed by atoms with Crippen molar-refractivity contribution in [2.45, 2.75) is 11.8 Å². The minimum Gasteiger partial charge on any atom is -0.326 e. The van der Waals surface area contributed by atoms with Crippen LogP contribution >= 0.6 is 11.8 Å². The van der Waals surface area contributed by atoms with Crippen molar-refractivity contribution in [1.29, 1.82) is 0 Å². The minimum absolute atomic E-state index is 0.0721. The third kappa shape index (κ3) is 5.27. The van der Waals surface area contributed by atoms with E-state index in [1.54, 1.807) is 24.5 Å². The van der Waals surface area contributed by atoms with Crippen LogP contribution in [-0.2, 0) is 9.59 Å². The Morgan fingerprint density at radius 2 is 1.62 bits per heavy atom. The molecule has 0 fully saturated rings. The van der Waals surface area contributed by atoms with Crippen LogP contribution in [0.4, 0.5) is 11.4 Å². The lowest BCUT2D eigenvalue weighted by Gasteiger charge is -2.06. The topological polar surface area (TPSA) is 71.1 Å². The van der Waals surface area contributed by atoms with Gasteiger partial charge in [0.2, 0.25) is 11.8 Å². The smallest absolute Gasteiger partial charge is 0.234 e. The van der Waals surface area contributed by atoms with E-state index in [1.165, 1.54) is 18.7 Å². The van der Waals surface area contributed by atoms with Crippen LogP contribution in [0.1, 0.15) is 6.92 Å². The van der Waals surface area contributed by atoms with Gasteiger partial charge in [-0.15, -0.1) is 11.8 Å². The summed E-state index contributed by atoms with van der Waals surface area (Å²) in [6.07, 6.45) is 3.26. The highest BCUT2D eigenvalue weighted by molar-refractivity contribution is 8.00. The van der Waals surface area contributed by atoms with Crippen molar-refractivity contribution >= 4 is 35.0 Å². The fraction of sp³-hybridized carbons (Fsp3) is 0.133. The quantitative estimate of drug-likeness (QED) is 0.833. The van der Waals surface area contributed by atoms with E-state index in [0.717, 1.165) is 16.3 Å². The first-order valence-electron chi connectivity index (χ1n) is 6.34. The van der Waals surface area contributed by atoms with E-state index < -0.39 is 0 Å². The zero-order valence-corrected chi connectivity index (χ0v) is 12.3. The predicted octanol–water partition coefficient (Wildman–Crippen LogP) is 2.77. The molecule has 0 saturated carbocycles. The lowest BCUT2D eigenvalue weighted by Crippen LogP contribution is -2.13. The summed E-state index contributed by atoms with van der Waals surface area (Å²) in [5, 5.41) is 5.49. The van der Waals surface area contributed by atoms with E-state index in [2.05, 4.69) is 15.6 Å². The highest BCUT2D eigenvalue weighted by Crippen LogP contribution is 2.20. The molecule has 0 radical (unpaired) electrons. The molecule has 1 heterocycles. The van der Waals surface area contributed by atoms with Crippen molar-refractivity contribution in [3.05, 3.63) is 48.8 Å². The number of benzene rings is 1. The van der Waals surface area contributed by atoms with E-state index in [1.807, 2.05) is 24.3 Å². The van der Waals surface area contributed by atoms with Gasteiger partial charge in [-0.25, -0.2) is 0 Å². The summed E-state index contributed by atoms with van der Waals surface area (Å²) in [6, 6.07) is 10.8. The molecular weight excluding hydrogens is 286 g/mol. The van der Waals surface area contributed by atoms with Crippen LogP contribution in [0.2, 0.25) is 0 Å². The predicted molar refractivity (Wildman–Crippen MR) is 84.3 cm³/mol. The van der Waals surface area contributed by atoms with E-state index in [4.69, 9.17) is 0 Å². The standard InChI is InChI=1S/C15H15N3O2S/c1-11(19)17-12-2-4-14(5-3-12)21-10-15(20)18-13-6-8-16-9-7-13/h2-9H,10H2,1H3,(H,17,19)(H,16,18,20). The number of thioether (sulfide) groups is 1. The van der Waals surface area contributed by atoms with Crippen molar-refractivity contribution in [2.75, 3.05) is 16.4 Å². The molecule has 0 spiro atoms. The van der Waals surface area contributed by atoms with Gasteiger partial charge in [0.15, 0.2) is 0 Å². The van der Waals surface area contributed by atoms with Crippen molar-refractivity contribution < 1.29 is 9.59 Å². The first-order chi connectivity index (χ1) is 10.1. The fourth-order valence-corrected chi connectivity index (χ4v) is 2.32. The van der Waals surface area contributed by atoms with E-state index >= 15 is 0 Å². The molecule has 0 saturated heterocycles. The molecule has 6 heteroatoms. The molecule has 0 bridgehead atoms. The second-order valence-corrected chi connectivity index (χ2v) is 5.33. The van der Waals surface area contributed by atoms with E-state index in [-0.39, 0.29) is 11.8 Å². The second-order valence-electron chi connectivity index (χ2n) is 4.28. The first kappa shape index (κ1) is 15.1. The molecular formula is C15H15N3O2S. The summed E-state index contributed by atoms with van der Waals surface area (Å²) in [5.41, 5.74) is 1.48. The van der Waals surface area contributed by atoms with Crippen LogP contribution in [0.25, 0.3) is 0 Å². The summed E-state index contributed by atoms with van der Waals surface area (Å²) in [7, 11) is 0. The average molecular weight is 301 g/mol. The van der Waals surface area contributed by atoms with Crippen LogP contribution in [0.3, 0.4) is 0 Å². The number of anilines is 2. The minimum atomic E-state index is -0.105. The zero-order chi connectivity index (χ0) is 15.1. The molecule has 0 aliphatic carbocycles. The maximum Gasteiger partial charge on any atom is 0.234 e. The van der Waals surface area contributed by atoms with E-state index in [9.17, 15) is 9.59 Å². The molecule has 2 amide bonds. The first-order valence-corrected chi connectivity index (χ1v) is 7.32. The third-order valence-corrected chi connectivity index (χ3v) is 3.52. The summed E-state index contributed by atoms with van der Waals surface area (Å²) < 4.78 is 0. The molecule has 2 aromatic rings. The Balaban J connectivity index is 1.82. The highest BCUT2D eigenvalue weighted by Gasteiger charge is 2.04. The SMILES string of the molecule is CC(=O)Nc1ccc(SCC(=O)Nc2ccncc2)cc1. The largest absolute Gasteiger partial charge is 0.326 e. The summed E-state index contributed by atoms with van der Waals surface area (Å²) >= 11 is 1.43. The van der Waals surface area contributed by atoms with Gasteiger partial charge in [0.25, 0.3) is 0 Å². The van der Waals surface area contributed by atoms with Crippen LogP contribution in [0.5, 0.6) is 0 Å². The van der Waals surface area contributed by atoms with Gasteiger partial charge in [-0.3, -0.25) is 14.6 Å². The molecule has 0 unspecified atom stereocenters. The van der Waals surface area contributed by atoms with Crippen molar-refractivity contribution in [1.82, 2.24) is 4.98 Å². The fourth-order valence-electron chi connectivity index (χ4n) is 1.62. The van der Waals surface area contributed by atoms with Gasteiger partial charge in [-0.1, -0.05) is 0 Å². The number of hydrogen-bond acceptors (Lipinski definition) is 4. The molecule has 0 aliphatic heterocycles. The lowest BCUT2D eigenvalue weighted by molar-refractivity contribution is -0.114. The Hall–Kier alpha value is -2.34. The van der Waals surface area contributed by atoms with Crippen molar-refractivity contribution in [3.8, 4) is 0 Å². The van der Waals surface area contributed by atoms with Gasteiger partial charge in [0.05, 0.1) is 5.75 Å². The molecule has 2 N–H and O–H groups in total. The molecule has 1 aromatic carbocycles. The number of nitrogens with one attached hydrogen (secondary N) is 2. The summed E-state index contributed by atoms with van der Waals surface area (Å²) in [6.45, 7) is 1.46. The summed E-state index contributed by atoms with van der Waals surface area (Å²) in [5.74, 6) is 0.145. The van der Waals surface area contributed by atoms with Gasteiger partial charge < -0.3 is 10.6 Å². The molecule has 5 nitrogen and oxygen atoms in total. The maximum absolute atomic E-state index is 11.8. The molecule has 108 valence electrons. The molecule has 2 rings (SSSR count). The number of pyridine rings is 1. The Labute approximate surface area is 127 Å². The molecule has 0 aliphatic rings. The highest BCUT2D eigenvalue weighted by atomic mass is 32.2. The lowest BCUT2D eigenvalue weighted by atomic mass is 10.3. The number of amides is 2. The van der Waals surface area contributed by atoms with Crippen LogP contribution in [0.15, 0.2) is 53.7 Å². The van der Waals surface area contributed by atoms with Crippen molar-refractivity contribution in [3.63, 3.8) is 0 Å². The maximum atomic E-state index is 11.8. The van der Waals surface area contributed by atoms with Gasteiger partial charge in [0, 0.05) is 35.6 Å².